The van der Waals surface area contributed by atoms with Crippen molar-refractivity contribution in [1.29, 1.82) is 0 Å². The van der Waals surface area contributed by atoms with Crippen LogP contribution in [-0.4, -0.2) is 10.7 Å². The molecule has 0 radical (unpaired) electrons. The first kappa shape index (κ1) is 10.8. The molecule has 0 aliphatic heterocycles. The van der Waals surface area contributed by atoms with E-state index in [-0.39, 0.29) is 17.9 Å². The normalized spacial score (nSPS) is 13.9. The number of halogens is 1. The highest BCUT2D eigenvalue weighted by atomic mass is 19.1. The number of benzene rings is 2. The summed E-state index contributed by atoms with van der Waals surface area (Å²) >= 11 is 0. The van der Waals surface area contributed by atoms with Crippen LogP contribution in [0, 0.1) is 15.9 Å². The summed E-state index contributed by atoms with van der Waals surface area (Å²) in [4.78, 5) is 22.3. The first-order valence-corrected chi connectivity index (χ1v) is 5.50. The number of nitro benzene ring substituents is 1. The monoisotopic (exact) mass is 245 g/mol. The molecular formula is C13H8FNO3. The summed E-state index contributed by atoms with van der Waals surface area (Å²) in [5.74, 6) is -0.595. The highest BCUT2D eigenvalue weighted by molar-refractivity contribution is 6.12. The van der Waals surface area contributed by atoms with Gasteiger partial charge < -0.3 is 0 Å². The summed E-state index contributed by atoms with van der Waals surface area (Å²) < 4.78 is 13.2. The molecule has 0 unspecified atom stereocenters. The molecule has 18 heavy (non-hydrogen) atoms. The molecular weight excluding hydrogens is 237 g/mol. The minimum atomic E-state index is -0.486. The Morgan fingerprint density at radius 1 is 1.22 bits per heavy atom. The van der Waals surface area contributed by atoms with Crippen LogP contribution >= 0.6 is 0 Å². The van der Waals surface area contributed by atoms with Crippen molar-refractivity contribution in [2.24, 2.45) is 0 Å². The standard InChI is InChI=1S/C13H8FNO3/c14-8-2-1-7-5-11(15(17)18)9-3-4-12(16)13(9)10(7)6-8/h1-2,5-6H,3-4H2. The Balaban J connectivity index is 2.47. The summed E-state index contributed by atoms with van der Waals surface area (Å²) in [6, 6.07) is 5.37. The number of carbonyl (C=O) groups excluding carboxylic acids is 1. The summed E-state index contributed by atoms with van der Waals surface area (Å²) in [5, 5.41) is 12.0. The van der Waals surface area contributed by atoms with Gasteiger partial charge in [-0.2, -0.15) is 0 Å². The third kappa shape index (κ3) is 1.40. The Kier molecular flexibility index (Phi) is 2.16. The van der Waals surface area contributed by atoms with Gasteiger partial charge in [0, 0.05) is 23.6 Å². The van der Waals surface area contributed by atoms with Crippen molar-refractivity contribution in [3.8, 4) is 0 Å². The van der Waals surface area contributed by atoms with Crippen molar-refractivity contribution >= 4 is 22.2 Å². The molecule has 2 aromatic carbocycles. The van der Waals surface area contributed by atoms with Crippen LogP contribution < -0.4 is 0 Å². The molecule has 0 saturated heterocycles. The van der Waals surface area contributed by atoms with E-state index in [0.717, 1.165) is 0 Å². The Labute approximate surface area is 101 Å². The third-order valence-corrected chi connectivity index (χ3v) is 3.27. The minimum Gasteiger partial charge on any atom is -0.294 e. The number of fused-ring (bicyclic) bond motifs is 3. The molecule has 0 aromatic heterocycles. The van der Waals surface area contributed by atoms with Gasteiger partial charge >= 0.3 is 0 Å². The van der Waals surface area contributed by atoms with Crippen molar-refractivity contribution in [1.82, 2.24) is 0 Å². The van der Waals surface area contributed by atoms with Crippen LogP contribution in [0.25, 0.3) is 10.8 Å². The number of ketones is 1. The van der Waals surface area contributed by atoms with E-state index < -0.39 is 10.7 Å². The summed E-state index contributed by atoms with van der Waals surface area (Å²) in [7, 11) is 0. The Hall–Kier alpha value is -2.30. The molecule has 0 bridgehead atoms. The van der Waals surface area contributed by atoms with Crippen LogP contribution in [0.15, 0.2) is 24.3 Å². The van der Waals surface area contributed by atoms with Crippen molar-refractivity contribution in [2.45, 2.75) is 12.8 Å². The quantitative estimate of drug-likeness (QED) is 0.573. The fourth-order valence-electron chi connectivity index (χ4n) is 2.49. The largest absolute Gasteiger partial charge is 0.294 e. The van der Waals surface area contributed by atoms with Crippen molar-refractivity contribution in [3.63, 3.8) is 0 Å². The molecule has 90 valence electrons. The van der Waals surface area contributed by atoms with E-state index in [4.69, 9.17) is 0 Å². The van der Waals surface area contributed by atoms with E-state index in [1.807, 2.05) is 0 Å². The number of Topliss-reactive ketones (excluding diaryl/α,β-unsaturated/α-hetero) is 1. The Morgan fingerprint density at radius 3 is 2.72 bits per heavy atom. The molecule has 0 spiro atoms. The Morgan fingerprint density at radius 2 is 2.00 bits per heavy atom. The molecule has 0 saturated carbocycles. The minimum absolute atomic E-state index is 0.0463. The number of nitrogens with zero attached hydrogens (tertiary/aromatic N) is 1. The summed E-state index contributed by atoms with van der Waals surface area (Å²) in [5.41, 5.74) is 0.705. The van der Waals surface area contributed by atoms with Crippen molar-refractivity contribution in [2.75, 3.05) is 0 Å². The van der Waals surface area contributed by atoms with Gasteiger partial charge in [0.15, 0.2) is 5.78 Å². The average Bonchev–Trinajstić information content (AvgIpc) is 2.71. The van der Waals surface area contributed by atoms with E-state index in [0.29, 0.717) is 28.3 Å². The molecule has 0 fully saturated rings. The average molecular weight is 245 g/mol. The van der Waals surface area contributed by atoms with Crippen LogP contribution in [0.4, 0.5) is 10.1 Å². The zero-order chi connectivity index (χ0) is 12.9. The summed E-state index contributed by atoms with van der Waals surface area (Å²) in [6.45, 7) is 0. The van der Waals surface area contributed by atoms with Crippen LogP contribution in [0.1, 0.15) is 22.3 Å². The maximum Gasteiger partial charge on any atom is 0.273 e. The lowest BCUT2D eigenvalue weighted by Gasteiger charge is -2.05. The molecule has 1 aliphatic carbocycles. The zero-order valence-corrected chi connectivity index (χ0v) is 9.27. The first-order valence-electron chi connectivity index (χ1n) is 5.50. The summed E-state index contributed by atoms with van der Waals surface area (Å²) in [6.07, 6.45) is 0.614. The predicted octanol–water partition coefficient (Wildman–Crippen LogP) is 3.02. The van der Waals surface area contributed by atoms with Crippen molar-refractivity contribution < 1.29 is 14.1 Å². The molecule has 4 nitrogen and oxygen atoms in total. The fourth-order valence-corrected chi connectivity index (χ4v) is 2.49. The second kappa shape index (κ2) is 3.60. The van der Waals surface area contributed by atoms with Gasteiger partial charge in [0.05, 0.1) is 4.92 Å². The zero-order valence-electron chi connectivity index (χ0n) is 9.27. The van der Waals surface area contributed by atoms with Gasteiger partial charge in [-0.1, -0.05) is 6.07 Å². The second-order valence-corrected chi connectivity index (χ2v) is 4.29. The van der Waals surface area contributed by atoms with Gasteiger partial charge in [-0.3, -0.25) is 14.9 Å². The number of hydrogen-bond acceptors (Lipinski definition) is 3. The third-order valence-electron chi connectivity index (χ3n) is 3.27. The van der Waals surface area contributed by atoms with E-state index >= 15 is 0 Å². The van der Waals surface area contributed by atoms with Gasteiger partial charge in [-0.25, -0.2) is 4.39 Å². The molecule has 0 amide bonds. The predicted molar refractivity (Wildman–Crippen MR) is 63.2 cm³/mol. The van der Waals surface area contributed by atoms with Gasteiger partial charge in [0.1, 0.15) is 5.82 Å². The second-order valence-electron chi connectivity index (χ2n) is 4.29. The molecule has 0 N–H and O–H groups in total. The number of hydrogen-bond donors (Lipinski definition) is 0. The van der Waals surface area contributed by atoms with Gasteiger partial charge in [-0.05, 0) is 29.3 Å². The SMILES string of the molecule is O=C1CCc2c([N+](=O)[O-])cc3ccc(F)cc3c21. The van der Waals surface area contributed by atoms with Crippen LogP contribution in [0.2, 0.25) is 0 Å². The van der Waals surface area contributed by atoms with Crippen LogP contribution in [0.5, 0.6) is 0 Å². The molecule has 2 aromatic rings. The molecule has 5 heteroatoms. The highest BCUT2D eigenvalue weighted by Gasteiger charge is 2.30. The maximum absolute atomic E-state index is 13.2. The number of carbonyl (C=O) groups is 1. The smallest absolute Gasteiger partial charge is 0.273 e. The van der Waals surface area contributed by atoms with Crippen LogP contribution in [0.3, 0.4) is 0 Å². The van der Waals surface area contributed by atoms with Gasteiger partial charge in [0.2, 0.25) is 0 Å². The molecule has 1 aliphatic rings. The number of rotatable bonds is 1. The fraction of sp³-hybridized carbons (Fsp3) is 0.154. The van der Waals surface area contributed by atoms with Crippen molar-refractivity contribution in [3.05, 3.63) is 51.3 Å². The lowest BCUT2D eigenvalue weighted by molar-refractivity contribution is -0.385. The molecule has 0 heterocycles. The van der Waals surface area contributed by atoms with E-state index in [9.17, 15) is 19.3 Å². The van der Waals surface area contributed by atoms with E-state index in [1.54, 1.807) is 0 Å². The van der Waals surface area contributed by atoms with Gasteiger partial charge in [-0.15, -0.1) is 0 Å². The van der Waals surface area contributed by atoms with Crippen LogP contribution in [-0.2, 0) is 6.42 Å². The molecule has 3 rings (SSSR count). The number of nitro groups is 1. The van der Waals surface area contributed by atoms with E-state index in [1.165, 1.54) is 24.3 Å². The maximum atomic E-state index is 13.2. The first-order chi connectivity index (χ1) is 8.58. The topological polar surface area (TPSA) is 60.2 Å². The highest BCUT2D eigenvalue weighted by Crippen LogP contribution is 2.36. The van der Waals surface area contributed by atoms with Gasteiger partial charge in [0.25, 0.3) is 5.69 Å². The lowest BCUT2D eigenvalue weighted by atomic mass is 9.99. The van der Waals surface area contributed by atoms with E-state index in [2.05, 4.69) is 0 Å². The lowest BCUT2D eigenvalue weighted by Crippen LogP contribution is -1.98. The molecule has 0 atom stereocenters. The Bertz CT molecular complexity index is 709.